The van der Waals surface area contributed by atoms with Crippen molar-refractivity contribution in [3.63, 3.8) is 0 Å². The van der Waals surface area contributed by atoms with Crippen LogP contribution in [0.2, 0.25) is 0 Å². The fourth-order valence-electron chi connectivity index (χ4n) is 1.53. The molecule has 1 aliphatic rings. The minimum atomic E-state index is -0.452. The van der Waals surface area contributed by atoms with E-state index in [2.05, 4.69) is 5.32 Å². The Morgan fingerprint density at radius 1 is 1.43 bits per heavy atom. The lowest BCUT2D eigenvalue weighted by Gasteiger charge is -2.15. The molecule has 1 aromatic rings. The van der Waals surface area contributed by atoms with E-state index in [9.17, 15) is 14.9 Å². The van der Waals surface area contributed by atoms with Crippen LogP contribution in [0, 0.1) is 10.1 Å². The topological polar surface area (TPSA) is 72.2 Å². The zero-order valence-corrected chi connectivity index (χ0v) is 7.32. The van der Waals surface area contributed by atoms with Crippen molar-refractivity contribution in [1.82, 2.24) is 5.32 Å². The summed E-state index contributed by atoms with van der Waals surface area (Å²) in [5.41, 5.74) is 1.34. The number of benzene rings is 1. The summed E-state index contributed by atoms with van der Waals surface area (Å²) in [5, 5.41) is 13.2. The number of amides is 1. The summed E-state index contributed by atoms with van der Waals surface area (Å²) in [6.45, 7) is 0.549. The third kappa shape index (κ3) is 1.32. The second kappa shape index (κ2) is 3.10. The Balaban J connectivity index is 2.49. The van der Waals surface area contributed by atoms with Crippen LogP contribution in [0.3, 0.4) is 0 Å². The molecule has 5 heteroatoms. The Kier molecular flexibility index (Phi) is 1.92. The molecule has 72 valence electrons. The molecule has 0 saturated carbocycles. The van der Waals surface area contributed by atoms with E-state index in [1.807, 2.05) is 0 Å². The number of carbonyl (C=O) groups is 1. The maximum atomic E-state index is 11.3. The van der Waals surface area contributed by atoms with Crippen molar-refractivity contribution < 1.29 is 9.72 Å². The van der Waals surface area contributed by atoms with Crippen LogP contribution >= 0.6 is 0 Å². The van der Waals surface area contributed by atoms with E-state index in [0.717, 1.165) is 5.56 Å². The Labute approximate surface area is 79.9 Å². The summed E-state index contributed by atoms with van der Waals surface area (Å²) in [5.74, 6) is -0.152. The van der Waals surface area contributed by atoms with E-state index >= 15 is 0 Å². The number of fused-ring (bicyclic) bond motifs is 1. The number of nitro groups is 1. The minimum absolute atomic E-state index is 0.0402. The first-order valence-corrected chi connectivity index (χ1v) is 4.24. The predicted octanol–water partition coefficient (Wildman–Crippen LogP) is 0.881. The molecule has 5 nitrogen and oxygen atoms in total. The molecule has 0 aromatic heterocycles. The number of nitrogens with zero attached hydrogens (tertiary/aromatic N) is 1. The average Bonchev–Trinajstić information content (AvgIpc) is 2.17. The standard InChI is InChI=1S/C9H8N2O3/c12-9-8-2-1-7(11(13)14)5-6(8)3-4-10-9/h1-2,5H,3-4H2,(H,10,12). The van der Waals surface area contributed by atoms with Crippen LogP contribution in [0.5, 0.6) is 0 Å². The first kappa shape index (κ1) is 8.68. The largest absolute Gasteiger partial charge is 0.352 e. The molecule has 1 heterocycles. The molecule has 2 rings (SSSR count). The molecule has 1 amide bonds. The van der Waals surface area contributed by atoms with Crippen LogP contribution in [0.25, 0.3) is 0 Å². The monoisotopic (exact) mass is 192 g/mol. The maximum Gasteiger partial charge on any atom is 0.269 e. The highest BCUT2D eigenvalue weighted by atomic mass is 16.6. The van der Waals surface area contributed by atoms with Crippen molar-refractivity contribution >= 4 is 11.6 Å². The number of hydrogen-bond acceptors (Lipinski definition) is 3. The Hall–Kier alpha value is -1.91. The van der Waals surface area contributed by atoms with E-state index in [1.165, 1.54) is 18.2 Å². The molecular formula is C9H8N2O3. The van der Waals surface area contributed by atoms with Gasteiger partial charge in [-0.25, -0.2) is 0 Å². The molecule has 0 atom stereocenters. The molecule has 0 aliphatic carbocycles. The van der Waals surface area contributed by atoms with E-state index < -0.39 is 4.92 Å². The fourth-order valence-corrected chi connectivity index (χ4v) is 1.53. The van der Waals surface area contributed by atoms with E-state index in [-0.39, 0.29) is 11.6 Å². The Bertz CT molecular complexity index is 415. The van der Waals surface area contributed by atoms with Gasteiger partial charge >= 0.3 is 0 Å². The minimum Gasteiger partial charge on any atom is -0.352 e. The van der Waals surface area contributed by atoms with Gasteiger partial charge in [-0.05, 0) is 18.1 Å². The van der Waals surface area contributed by atoms with E-state index in [0.29, 0.717) is 18.5 Å². The molecule has 0 radical (unpaired) electrons. The Morgan fingerprint density at radius 2 is 2.21 bits per heavy atom. The van der Waals surface area contributed by atoms with Crippen molar-refractivity contribution in [1.29, 1.82) is 0 Å². The van der Waals surface area contributed by atoms with E-state index in [4.69, 9.17) is 0 Å². The van der Waals surface area contributed by atoms with Gasteiger partial charge in [0.25, 0.3) is 11.6 Å². The molecule has 0 fully saturated rings. The summed E-state index contributed by atoms with van der Waals surface area (Å²) in [7, 11) is 0. The van der Waals surface area contributed by atoms with Gasteiger partial charge in [-0.3, -0.25) is 14.9 Å². The van der Waals surface area contributed by atoms with Crippen LogP contribution in [0.1, 0.15) is 15.9 Å². The van der Waals surface area contributed by atoms with E-state index in [1.54, 1.807) is 0 Å². The average molecular weight is 192 g/mol. The summed E-state index contributed by atoms with van der Waals surface area (Å²) in [6, 6.07) is 4.32. The number of rotatable bonds is 1. The lowest BCUT2D eigenvalue weighted by molar-refractivity contribution is -0.384. The van der Waals surface area contributed by atoms with Crippen molar-refractivity contribution in [3.05, 3.63) is 39.4 Å². The number of nitrogens with one attached hydrogen (secondary N) is 1. The quantitative estimate of drug-likeness (QED) is 0.530. The molecule has 1 aliphatic heterocycles. The zero-order valence-electron chi connectivity index (χ0n) is 7.32. The van der Waals surface area contributed by atoms with Gasteiger partial charge in [-0.15, -0.1) is 0 Å². The highest BCUT2D eigenvalue weighted by Crippen LogP contribution is 2.20. The lowest BCUT2D eigenvalue weighted by atomic mass is 10.00. The summed E-state index contributed by atoms with van der Waals surface area (Å²) in [4.78, 5) is 21.3. The molecular weight excluding hydrogens is 184 g/mol. The van der Waals surface area contributed by atoms with Crippen LogP contribution in [-0.4, -0.2) is 17.4 Å². The van der Waals surface area contributed by atoms with Crippen molar-refractivity contribution in [2.75, 3.05) is 6.54 Å². The highest BCUT2D eigenvalue weighted by molar-refractivity contribution is 5.96. The molecule has 1 N–H and O–H groups in total. The fraction of sp³-hybridized carbons (Fsp3) is 0.222. The maximum absolute atomic E-state index is 11.3. The van der Waals surface area contributed by atoms with Crippen molar-refractivity contribution in [3.8, 4) is 0 Å². The number of hydrogen-bond donors (Lipinski definition) is 1. The summed E-state index contributed by atoms with van der Waals surface area (Å²) < 4.78 is 0. The second-order valence-corrected chi connectivity index (χ2v) is 3.10. The predicted molar refractivity (Wildman–Crippen MR) is 49.1 cm³/mol. The molecule has 0 unspecified atom stereocenters. The van der Waals surface area contributed by atoms with Crippen molar-refractivity contribution in [2.24, 2.45) is 0 Å². The molecule has 1 aromatic carbocycles. The van der Waals surface area contributed by atoms with Gasteiger partial charge in [0, 0.05) is 24.2 Å². The highest BCUT2D eigenvalue weighted by Gasteiger charge is 2.18. The number of non-ortho nitro benzene ring substituents is 1. The molecule has 14 heavy (non-hydrogen) atoms. The first-order valence-electron chi connectivity index (χ1n) is 4.24. The summed E-state index contributed by atoms with van der Waals surface area (Å²) >= 11 is 0. The van der Waals surface area contributed by atoms with Crippen molar-refractivity contribution in [2.45, 2.75) is 6.42 Å². The number of nitro benzene ring substituents is 1. The van der Waals surface area contributed by atoms with Crippen LogP contribution < -0.4 is 5.32 Å². The van der Waals surface area contributed by atoms with Gasteiger partial charge in [-0.2, -0.15) is 0 Å². The normalized spacial score (nSPS) is 14.4. The third-order valence-corrected chi connectivity index (χ3v) is 2.22. The van der Waals surface area contributed by atoms with Gasteiger partial charge in [0.1, 0.15) is 0 Å². The molecule has 0 spiro atoms. The van der Waals surface area contributed by atoms with Gasteiger partial charge in [0.15, 0.2) is 0 Å². The third-order valence-electron chi connectivity index (χ3n) is 2.22. The molecule has 0 saturated heterocycles. The number of carbonyl (C=O) groups excluding carboxylic acids is 1. The summed E-state index contributed by atoms with van der Waals surface area (Å²) in [6.07, 6.45) is 0.656. The van der Waals surface area contributed by atoms with Gasteiger partial charge in [-0.1, -0.05) is 0 Å². The van der Waals surface area contributed by atoms with Crippen LogP contribution in [-0.2, 0) is 6.42 Å². The molecule has 0 bridgehead atoms. The van der Waals surface area contributed by atoms with Crippen LogP contribution in [0.4, 0.5) is 5.69 Å². The van der Waals surface area contributed by atoms with Gasteiger partial charge < -0.3 is 5.32 Å². The SMILES string of the molecule is O=C1NCCc2cc([N+](=O)[O-])ccc21. The first-order chi connectivity index (χ1) is 6.68. The smallest absolute Gasteiger partial charge is 0.269 e. The lowest BCUT2D eigenvalue weighted by Crippen LogP contribution is -2.31. The Morgan fingerprint density at radius 3 is 2.93 bits per heavy atom. The van der Waals surface area contributed by atoms with Crippen LogP contribution in [0.15, 0.2) is 18.2 Å². The second-order valence-electron chi connectivity index (χ2n) is 3.10. The van der Waals surface area contributed by atoms with Gasteiger partial charge in [0.2, 0.25) is 0 Å². The zero-order chi connectivity index (χ0) is 10.1. The van der Waals surface area contributed by atoms with Gasteiger partial charge in [0.05, 0.1) is 4.92 Å².